The summed E-state index contributed by atoms with van der Waals surface area (Å²) in [5.74, 6) is -0.291. The van der Waals surface area contributed by atoms with Gasteiger partial charge in [-0.05, 0) is 39.2 Å². The molecule has 6 nitrogen and oxygen atoms in total. The Labute approximate surface area is 178 Å². The van der Waals surface area contributed by atoms with Crippen molar-refractivity contribution in [2.75, 3.05) is 19.7 Å². The summed E-state index contributed by atoms with van der Waals surface area (Å²) in [5, 5.41) is 0. The lowest BCUT2D eigenvalue weighted by molar-refractivity contribution is -0.0977. The van der Waals surface area contributed by atoms with E-state index in [1.54, 1.807) is 56.0 Å². The van der Waals surface area contributed by atoms with Gasteiger partial charge in [-0.25, -0.2) is 9.18 Å². The van der Waals surface area contributed by atoms with Crippen LogP contribution in [-0.4, -0.2) is 50.4 Å². The number of rotatable bonds is 5. The molecule has 1 heterocycles. The van der Waals surface area contributed by atoms with Crippen LogP contribution >= 0.6 is 0 Å². The average Bonchev–Trinajstić information content (AvgIpc) is 3.12. The fourth-order valence-electron chi connectivity index (χ4n) is 4.53. The number of amides is 1. The third-order valence-electron chi connectivity index (χ3n) is 6.09. The van der Waals surface area contributed by atoms with Crippen molar-refractivity contribution >= 4 is 16.2 Å². The number of piperidine rings is 1. The summed E-state index contributed by atoms with van der Waals surface area (Å²) in [6, 6.07) is 8.70. The van der Waals surface area contributed by atoms with Crippen LogP contribution in [0.3, 0.4) is 0 Å². The molecule has 1 saturated heterocycles. The standard InChI is InChI=1S/C22H32FNO5S/c1-20(2,3)29-19(25)24-14-13-22(23,21(16-24)11-7-8-12-21)17-28-30(26,27)15-18-9-5-4-6-10-18/h4-6,9-10H,7-8,11-17H2,1-3H3. The molecule has 1 aromatic rings. The van der Waals surface area contributed by atoms with Gasteiger partial charge >= 0.3 is 6.09 Å². The van der Waals surface area contributed by atoms with Gasteiger partial charge in [-0.2, -0.15) is 8.42 Å². The van der Waals surface area contributed by atoms with E-state index in [1.807, 2.05) is 0 Å². The van der Waals surface area contributed by atoms with Crippen LogP contribution in [0, 0.1) is 5.41 Å². The number of nitrogens with zero attached hydrogens (tertiary/aromatic N) is 1. The Morgan fingerprint density at radius 3 is 2.37 bits per heavy atom. The van der Waals surface area contributed by atoms with E-state index in [9.17, 15) is 13.2 Å². The Morgan fingerprint density at radius 2 is 1.77 bits per heavy atom. The fraction of sp³-hybridized carbons (Fsp3) is 0.682. The summed E-state index contributed by atoms with van der Waals surface area (Å²) >= 11 is 0. The molecule has 1 aromatic carbocycles. The van der Waals surface area contributed by atoms with Gasteiger partial charge in [0.05, 0.1) is 0 Å². The second-order valence-corrected chi connectivity index (χ2v) is 11.2. The highest BCUT2D eigenvalue weighted by Crippen LogP contribution is 2.53. The average molecular weight is 442 g/mol. The van der Waals surface area contributed by atoms with Crippen LogP contribution in [0.25, 0.3) is 0 Å². The van der Waals surface area contributed by atoms with Crippen molar-refractivity contribution in [1.29, 1.82) is 0 Å². The molecule has 30 heavy (non-hydrogen) atoms. The number of hydrogen-bond acceptors (Lipinski definition) is 5. The van der Waals surface area contributed by atoms with Gasteiger partial charge in [0.15, 0.2) is 0 Å². The molecule has 1 unspecified atom stereocenters. The number of ether oxygens (including phenoxy) is 1. The summed E-state index contributed by atoms with van der Waals surface area (Å²) in [5.41, 5.74) is -2.63. The summed E-state index contributed by atoms with van der Waals surface area (Å²) < 4.78 is 51.8. The molecule has 0 N–H and O–H groups in total. The third-order valence-corrected chi connectivity index (χ3v) is 7.25. The van der Waals surface area contributed by atoms with Gasteiger partial charge in [0.25, 0.3) is 10.1 Å². The van der Waals surface area contributed by atoms with E-state index in [-0.39, 0.29) is 25.3 Å². The molecular weight excluding hydrogens is 409 g/mol. The van der Waals surface area contributed by atoms with Crippen molar-refractivity contribution in [3.8, 4) is 0 Å². The molecule has 1 saturated carbocycles. The minimum Gasteiger partial charge on any atom is -0.444 e. The number of carbonyl (C=O) groups excluding carboxylic acids is 1. The molecule has 1 atom stereocenters. The van der Waals surface area contributed by atoms with Crippen LogP contribution in [0.4, 0.5) is 9.18 Å². The first kappa shape index (κ1) is 23.0. The maximum atomic E-state index is 16.2. The number of likely N-dealkylation sites (tertiary alicyclic amines) is 1. The van der Waals surface area contributed by atoms with E-state index in [0.717, 1.165) is 12.8 Å². The van der Waals surface area contributed by atoms with E-state index >= 15 is 4.39 Å². The van der Waals surface area contributed by atoms with Crippen LogP contribution in [0.2, 0.25) is 0 Å². The van der Waals surface area contributed by atoms with Crippen molar-refractivity contribution in [1.82, 2.24) is 4.90 Å². The van der Waals surface area contributed by atoms with Gasteiger partial charge in [-0.15, -0.1) is 0 Å². The maximum Gasteiger partial charge on any atom is 0.410 e. The summed E-state index contributed by atoms with van der Waals surface area (Å²) in [7, 11) is -3.92. The molecular formula is C22H32FNO5S. The first-order valence-electron chi connectivity index (χ1n) is 10.5. The zero-order valence-electron chi connectivity index (χ0n) is 18.0. The van der Waals surface area contributed by atoms with Crippen LogP contribution in [0.1, 0.15) is 58.4 Å². The number of halogens is 1. The van der Waals surface area contributed by atoms with Crippen molar-refractivity contribution in [2.45, 2.75) is 69.9 Å². The molecule has 3 rings (SSSR count). The van der Waals surface area contributed by atoms with Gasteiger partial charge in [0, 0.05) is 24.9 Å². The highest BCUT2D eigenvalue weighted by molar-refractivity contribution is 7.85. The summed E-state index contributed by atoms with van der Waals surface area (Å²) in [6.45, 7) is 5.28. The van der Waals surface area contributed by atoms with Gasteiger partial charge < -0.3 is 9.64 Å². The van der Waals surface area contributed by atoms with Crippen molar-refractivity contribution in [2.24, 2.45) is 5.41 Å². The van der Waals surface area contributed by atoms with E-state index in [2.05, 4.69) is 0 Å². The molecule has 168 valence electrons. The van der Waals surface area contributed by atoms with Gasteiger partial charge in [0.1, 0.15) is 23.6 Å². The predicted octanol–water partition coefficient (Wildman–Crippen LogP) is 4.44. The zero-order chi connectivity index (χ0) is 22.0. The molecule has 1 aliphatic heterocycles. The molecule has 0 bridgehead atoms. The minimum absolute atomic E-state index is 0.0348. The monoisotopic (exact) mass is 441 g/mol. The van der Waals surface area contributed by atoms with E-state index < -0.39 is 39.5 Å². The largest absolute Gasteiger partial charge is 0.444 e. The van der Waals surface area contributed by atoms with Crippen LogP contribution < -0.4 is 0 Å². The Hall–Kier alpha value is -1.67. The Kier molecular flexibility index (Phi) is 6.49. The summed E-state index contributed by atoms with van der Waals surface area (Å²) in [4.78, 5) is 14.1. The molecule has 8 heteroatoms. The lowest BCUT2D eigenvalue weighted by Crippen LogP contribution is -2.60. The quantitative estimate of drug-likeness (QED) is 0.632. The molecule has 1 amide bonds. The Morgan fingerprint density at radius 1 is 1.13 bits per heavy atom. The third kappa shape index (κ3) is 5.32. The smallest absolute Gasteiger partial charge is 0.410 e. The lowest BCUT2D eigenvalue weighted by Gasteiger charge is -2.50. The highest BCUT2D eigenvalue weighted by atomic mass is 32.2. The van der Waals surface area contributed by atoms with Crippen LogP contribution in [-0.2, 0) is 24.8 Å². The highest BCUT2D eigenvalue weighted by Gasteiger charge is 2.58. The summed E-state index contributed by atoms with van der Waals surface area (Å²) in [6.07, 6.45) is 2.49. The van der Waals surface area contributed by atoms with Gasteiger partial charge in [-0.1, -0.05) is 43.2 Å². The van der Waals surface area contributed by atoms with Crippen LogP contribution in [0.5, 0.6) is 0 Å². The Balaban J connectivity index is 1.70. The number of hydrogen-bond donors (Lipinski definition) is 0. The van der Waals surface area contributed by atoms with Gasteiger partial charge in [-0.3, -0.25) is 4.18 Å². The van der Waals surface area contributed by atoms with E-state index in [4.69, 9.17) is 8.92 Å². The van der Waals surface area contributed by atoms with Crippen molar-refractivity contribution in [3.63, 3.8) is 0 Å². The topological polar surface area (TPSA) is 72.9 Å². The number of alkyl halides is 1. The molecule has 0 aromatic heterocycles. The molecule has 0 radical (unpaired) electrons. The molecule has 2 aliphatic rings. The maximum absolute atomic E-state index is 16.2. The van der Waals surface area contributed by atoms with Crippen molar-refractivity contribution < 1.29 is 26.5 Å². The molecule has 1 spiro atoms. The van der Waals surface area contributed by atoms with E-state index in [0.29, 0.717) is 18.4 Å². The fourth-order valence-corrected chi connectivity index (χ4v) is 5.58. The van der Waals surface area contributed by atoms with Gasteiger partial charge in [0.2, 0.25) is 0 Å². The number of benzene rings is 1. The zero-order valence-corrected chi connectivity index (χ0v) is 18.8. The second kappa shape index (κ2) is 8.46. The second-order valence-electron chi connectivity index (χ2n) is 9.55. The minimum atomic E-state index is -3.92. The predicted molar refractivity (Wildman–Crippen MR) is 112 cm³/mol. The molecule has 1 aliphatic carbocycles. The van der Waals surface area contributed by atoms with Crippen molar-refractivity contribution in [3.05, 3.63) is 35.9 Å². The first-order chi connectivity index (χ1) is 13.9. The lowest BCUT2D eigenvalue weighted by atomic mass is 9.67. The number of carbonyl (C=O) groups is 1. The normalized spacial score (nSPS) is 24.2. The van der Waals surface area contributed by atoms with E-state index in [1.165, 1.54) is 0 Å². The van der Waals surface area contributed by atoms with Crippen LogP contribution in [0.15, 0.2) is 30.3 Å². The molecule has 2 fully saturated rings. The first-order valence-corrected chi connectivity index (χ1v) is 12.1. The SMILES string of the molecule is CC(C)(C)OC(=O)N1CCC(F)(COS(=O)(=O)Cc2ccccc2)C2(CCCC2)C1. The Bertz CT molecular complexity index is 846.